The van der Waals surface area contributed by atoms with Crippen LogP contribution in [0.15, 0.2) is 17.5 Å². The lowest BCUT2D eigenvalue weighted by molar-refractivity contribution is 0.983. The van der Waals surface area contributed by atoms with Crippen molar-refractivity contribution in [2.24, 2.45) is 5.92 Å². The maximum absolute atomic E-state index is 5.48. The zero-order chi connectivity index (χ0) is 8.10. The fraction of sp³-hybridized carbons (Fsp3) is 0.556. The van der Waals surface area contributed by atoms with Crippen LogP contribution < -0.4 is 0 Å². The Morgan fingerprint density at radius 2 is 2.27 bits per heavy atom. The Bertz CT molecular complexity index is 177. The van der Waals surface area contributed by atoms with Crippen molar-refractivity contribution in [3.8, 4) is 0 Å². The van der Waals surface area contributed by atoms with E-state index in [1.807, 2.05) is 17.5 Å². The summed E-state index contributed by atoms with van der Waals surface area (Å²) in [5.74, 6) is 1.73. The third-order valence-electron chi connectivity index (χ3n) is 1.58. The van der Waals surface area contributed by atoms with E-state index in [1.54, 1.807) is 11.3 Å². The van der Waals surface area contributed by atoms with Crippen LogP contribution in [0.5, 0.6) is 0 Å². The monoisotopic (exact) mass is 188 g/mol. The highest BCUT2D eigenvalue weighted by Crippen LogP contribution is 2.26. The summed E-state index contributed by atoms with van der Waals surface area (Å²) in [6, 6.07) is 4.03. The van der Waals surface area contributed by atoms with Crippen LogP contribution in [0.25, 0.3) is 0 Å². The Labute approximate surface area is 77.2 Å². The first-order chi connectivity index (χ1) is 5.33. The van der Waals surface area contributed by atoms with Gasteiger partial charge in [-0.25, -0.2) is 0 Å². The Hall–Kier alpha value is -0.0100. The van der Waals surface area contributed by atoms with E-state index in [4.69, 9.17) is 11.6 Å². The predicted molar refractivity (Wildman–Crippen MR) is 52.3 cm³/mol. The second-order valence-electron chi connectivity index (χ2n) is 2.90. The molecule has 0 spiro atoms. The van der Waals surface area contributed by atoms with E-state index in [9.17, 15) is 0 Å². The molecule has 1 aromatic rings. The summed E-state index contributed by atoms with van der Waals surface area (Å²) in [6.07, 6.45) is 2.97. The largest absolute Gasteiger partial charge is 0.148 e. The third-order valence-corrected chi connectivity index (χ3v) is 2.90. The Morgan fingerprint density at radius 3 is 2.45 bits per heavy atom. The van der Waals surface area contributed by atoms with E-state index in [0.29, 0.717) is 5.88 Å². The van der Waals surface area contributed by atoms with Crippen LogP contribution >= 0.6 is 22.9 Å². The van der Waals surface area contributed by atoms with Gasteiger partial charge in [0.1, 0.15) is 0 Å². The second kappa shape index (κ2) is 4.78. The van der Waals surface area contributed by atoms with E-state index in [1.165, 1.54) is 17.7 Å². The molecule has 1 heterocycles. The van der Waals surface area contributed by atoms with Crippen LogP contribution in [-0.2, 0) is 5.88 Å². The molecular weight excluding hydrogens is 176 g/mol. The molecule has 2 rings (SSSR count). The van der Waals surface area contributed by atoms with Crippen LogP contribution in [0.4, 0.5) is 0 Å². The Kier molecular flexibility index (Phi) is 3.95. The number of halogens is 1. The lowest BCUT2D eigenvalue weighted by atomic mass is 10.5. The molecule has 0 bridgehead atoms. The first kappa shape index (κ1) is 9.08. The quantitative estimate of drug-likeness (QED) is 0.587. The number of hydrogen-bond donors (Lipinski definition) is 0. The maximum atomic E-state index is 5.48. The molecule has 0 saturated heterocycles. The minimum atomic E-state index is 0.650. The summed E-state index contributed by atoms with van der Waals surface area (Å²) >= 11 is 7.17. The van der Waals surface area contributed by atoms with Gasteiger partial charge in [-0.2, -0.15) is 0 Å². The van der Waals surface area contributed by atoms with Crippen LogP contribution in [0.1, 0.15) is 24.6 Å². The van der Waals surface area contributed by atoms with Gasteiger partial charge in [0, 0.05) is 4.88 Å². The molecule has 62 valence electrons. The molecule has 0 radical (unpaired) electrons. The summed E-state index contributed by atoms with van der Waals surface area (Å²) < 4.78 is 0. The van der Waals surface area contributed by atoms with E-state index < -0.39 is 0 Å². The highest BCUT2D eigenvalue weighted by Gasteiger charge is 2.12. The minimum Gasteiger partial charge on any atom is -0.148 e. The molecule has 2 heteroatoms. The SMILES string of the molecule is CC1CC1.ClCc1cccs1. The lowest BCUT2D eigenvalue weighted by Crippen LogP contribution is -1.58. The molecule has 1 aromatic heterocycles. The summed E-state index contributed by atoms with van der Waals surface area (Å²) in [5.41, 5.74) is 0. The fourth-order valence-corrected chi connectivity index (χ4v) is 1.39. The molecule has 1 aliphatic carbocycles. The first-order valence-corrected chi connectivity index (χ1v) is 5.32. The highest BCUT2D eigenvalue weighted by molar-refractivity contribution is 7.10. The molecule has 0 unspecified atom stereocenters. The van der Waals surface area contributed by atoms with Gasteiger partial charge in [-0.15, -0.1) is 22.9 Å². The van der Waals surface area contributed by atoms with Gasteiger partial charge in [0.15, 0.2) is 0 Å². The number of hydrogen-bond acceptors (Lipinski definition) is 1. The van der Waals surface area contributed by atoms with Crippen molar-refractivity contribution in [1.29, 1.82) is 0 Å². The van der Waals surface area contributed by atoms with Gasteiger partial charge >= 0.3 is 0 Å². The Morgan fingerprint density at radius 1 is 1.64 bits per heavy atom. The molecule has 0 aromatic carbocycles. The lowest BCUT2D eigenvalue weighted by Gasteiger charge is -1.76. The molecular formula is C9H13ClS. The van der Waals surface area contributed by atoms with Crippen molar-refractivity contribution < 1.29 is 0 Å². The van der Waals surface area contributed by atoms with E-state index in [2.05, 4.69) is 6.92 Å². The highest BCUT2D eigenvalue weighted by atomic mass is 35.5. The van der Waals surface area contributed by atoms with Gasteiger partial charge in [-0.3, -0.25) is 0 Å². The van der Waals surface area contributed by atoms with Crippen LogP contribution in [0.3, 0.4) is 0 Å². The molecule has 11 heavy (non-hydrogen) atoms. The molecule has 0 amide bonds. The number of alkyl halides is 1. The average molecular weight is 189 g/mol. The van der Waals surface area contributed by atoms with Gasteiger partial charge in [-0.1, -0.05) is 25.8 Å². The molecule has 1 saturated carbocycles. The molecule has 0 nitrogen and oxygen atoms in total. The Balaban J connectivity index is 0.000000128. The second-order valence-corrected chi connectivity index (χ2v) is 4.20. The van der Waals surface area contributed by atoms with Crippen LogP contribution in [-0.4, -0.2) is 0 Å². The van der Waals surface area contributed by atoms with Crippen molar-refractivity contribution >= 4 is 22.9 Å². The molecule has 0 atom stereocenters. The molecule has 0 aliphatic heterocycles. The topological polar surface area (TPSA) is 0 Å². The smallest absolute Gasteiger partial charge is 0.0568 e. The molecule has 0 N–H and O–H groups in total. The minimum absolute atomic E-state index is 0.650. The standard InChI is InChI=1S/C5H5ClS.C4H8/c6-4-5-2-1-3-7-5;1-4-2-3-4/h1-3H,4H2;4H,2-3H2,1H3. The van der Waals surface area contributed by atoms with Gasteiger partial charge in [0.05, 0.1) is 5.88 Å². The number of thiophene rings is 1. The van der Waals surface area contributed by atoms with Crippen molar-refractivity contribution in [3.05, 3.63) is 22.4 Å². The summed E-state index contributed by atoms with van der Waals surface area (Å²) in [5, 5.41) is 2.03. The van der Waals surface area contributed by atoms with Gasteiger partial charge in [-0.05, 0) is 17.4 Å². The van der Waals surface area contributed by atoms with Gasteiger partial charge in [0.25, 0.3) is 0 Å². The summed E-state index contributed by atoms with van der Waals surface area (Å²) in [7, 11) is 0. The van der Waals surface area contributed by atoms with Crippen molar-refractivity contribution in [2.45, 2.75) is 25.6 Å². The zero-order valence-electron chi connectivity index (χ0n) is 6.72. The zero-order valence-corrected chi connectivity index (χ0v) is 8.29. The van der Waals surface area contributed by atoms with Crippen LogP contribution in [0.2, 0.25) is 0 Å². The van der Waals surface area contributed by atoms with E-state index >= 15 is 0 Å². The van der Waals surface area contributed by atoms with Crippen molar-refractivity contribution in [3.63, 3.8) is 0 Å². The summed E-state index contributed by atoms with van der Waals surface area (Å²) in [6.45, 7) is 2.28. The van der Waals surface area contributed by atoms with E-state index in [-0.39, 0.29) is 0 Å². The van der Waals surface area contributed by atoms with Gasteiger partial charge in [0.2, 0.25) is 0 Å². The normalized spacial score (nSPS) is 15.5. The number of rotatable bonds is 1. The maximum Gasteiger partial charge on any atom is 0.0568 e. The van der Waals surface area contributed by atoms with E-state index in [0.717, 1.165) is 5.92 Å². The van der Waals surface area contributed by atoms with Gasteiger partial charge < -0.3 is 0 Å². The predicted octanol–water partition coefficient (Wildman–Crippen LogP) is 3.90. The van der Waals surface area contributed by atoms with Crippen molar-refractivity contribution in [1.82, 2.24) is 0 Å². The third kappa shape index (κ3) is 4.44. The average Bonchev–Trinajstić information content (AvgIpc) is 2.66. The fourth-order valence-electron chi connectivity index (χ4n) is 0.555. The van der Waals surface area contributed by atoms with Crippen LogP contribution in [0, 0.1) is 5.92 Å². The van der Waals surface area contributed by atoms with Crippen molar-refractivity contribution in [2.75, 3.05) is 0 Å². The molecule has 1 aliphatic rings. The first-order valence-electron chi connectivity index (χ1n) is 3.91. The summed E-state index contributed by atoms with van der Waals surface area (Å²) in [4.78, 5) is 1.24. The molecule has 1 fully saturated rings.